The molecule has 0 saturated heterocycles. The van der Waals surface area contributed by atoms with E-state index in [1.807, 2.05) is 39.8 Å². The van der Waals surface area contributed by atoms with Gasteiger partial charge >= 0.3 is 0 Å². The highest BCUT2D eigenvalue weighted by Crippen LogP contribution is 2.26. The quantitative estimate of drug-likeness (QED) is 0.923. The van der Waals surface area contributed by atoms with Gasteiger partial charge in [-0.05, 0) is 39.8 Å². The number of rotatable bonds is 4. The number of hydrogen-bond donors (Lipinski definition) is 1. The number of hydrogen-bond acceptors (Lipinski definition) is 2. The van der Waals surface area contributed by atoms with Crippen LogP contribution in [0.25, 0.3) is 5.69 Å². The van der Waals surface area contributed by atoms with Gasteiger partial charge in [0.15, 0.2) is 0 Å². The smallest absolute Gasteiger partial charge is 0.280 e. The molecule has 0 radical (unpaired) electrons. The van der Waals surface area contributed by atoms with E-state index in [0.29, 0.717) is 17.8 Å². The summed E-state index contributed by atoms with van der Waals surface area (Å²) in [5, 5.41) is 7.36. The third kappa shape index (κ3) is 3.88. The van der Waals surface area contributed by atoms with Crippen LogP contribution in [-0.4, -0.2) is 15.3 Å². The van der Waals surface area contributed by atoms with Crippen LogP contribution in [0.3, 0.4) is 0 Å². The first-order chi connectivity index (χ1) is 9.78. The third-order valence-corrected chi connectivity index (χ3v) is 3.18. The fraction of sp³-hybridized carbons (Fsp3) is 0.438. The second kappa shape index (κ2) is 5.93. The summed E-state index contributed by atoms with van der Waals surface area (Å²) in [6.45, 7) is 8.33. The lowest BCUT2D eigenvalue weighted by Gasteiger charge is -2.20. The molecule has 0 aliphatic rings. The molecule has 0 fully saturated rings. The Morgan fingerprint density at radius 2 is 1.81 bits per heavy atom. The summed E-state index contributed by atoms with van der Waals surface area (Å²) in [7, 11) is 0. The number of nitrogens with zero attached hydrogens (tertiary/aromatic N) is 2. The summed E-state index contributed by atoms with van der Waals surface area (Å²) in [5.41, 5.74) is 2.08. The molecule has 0 saturated carbocycles. The molecular formula is C16H21F2N3. The minimum absolute atomic E-state index is 0.0457. The maximum atomic E-state index is 13.4. The van der Waals surface area contributed by atoms with Crippen LogP contribution in [0.5, 0.6) is 0 Å². The highest BCUT2D eigenvalue weighted by molar-refractivity contribution is 5.37. The fourth-order valence-electron chi connectivity index (χ4n) is 2.01. The van der Waals surface area contributed by atoms with Gasteiger partial charge in [-0.25, -0.2) is 13.5 Å². The van der Waals surface area contributed by atoms with E-state index in [1.54, 1.807) is 12.1 Å². The van der Waals surface area contributed by atoms with E-state index in [9.17, 15) is 8.78 Å². The Kier molecular flexibility index (Phi) is 4.42. The minimum Gasteiger partial charge on any atom is -0.308 e. The lowest BCUT2D eigenvalue weighted by molar-refractivity contribution is 0.141. The van der Waals surface area contributed by atoms with Crippen molar-refractivity contribution in [2.75, 3.05) is 0 Å². The molecule has 2 aromatic rings. The van der Waals surface area contributed by atoms with Crippen molar-refractivity contribution in [3.05, 3.63) is 47.3 Å². The topological polar surface area (TPSA) is 29.9 Å². The first-order valence-electron chi connectivity index (χ1n) is 6.95. The molecule has 3 nitrogen and oxygen atoms in total. The van der Waals surface area contributed by atoms with Gasteiger partial charge in [0.05, 0.1) is 11.9 Å². The molecular weight excluding hydrogens is 272 g/mol. The molecule has 0 atom stereocenters. The molecule has 1 heterocycles. The predicted octanol–water partition coefficient (Wildman–Crippen LogP) is 4.01. The monoisotopic (exact) mass is 293 g/mol. The molecule has 1 N–H and O–H groups in total. The molecule has 5 heteroatoms. The SMILES string of the molecule is Cc1ccc(-n2ncc(CNC(C)(C)C)c2C(F)F)cc1. The Morgan fingerprint density at radius 3 is 2.33 bits per heavy atom. The maximum absolute atomic E-state index is 13.4. The summed E-state index contributed by atoms with van der Waals surface area (Å²) in [4.78, 5) is 0. The lowest BCUT2D eigenvalue weighted by atomic mass is 10.1. The van der Waals surface area contributed by atoms with Crippen LogP contribution < -0.4 is 5.32 Å². The van der Waals surface area contributed by atoms with Crippen LogP contribution in [0.15, 0.2) is 30.5 Å². The van der Waals surface area contributed by atoms with Crippen LogP contribution in [0.4, 0.5) is 8.78 Å². The van der Waals surface area contributed by atoms with E-state index < -0.39 is 6.43 Å². The molecule has 0 aliphatic heterocycles. The van der Waals surface area contributed by atoms with Crippen LogP contribution in [0, 0.1) is 6.92 Å². The lowest BCUT2D eigenvalue weighted by Crippen LogP contribution is -2.35. The van der Waals surface area contributed by atoms with E-state index in [4.69, 9.17) is 0 Å². The normalized spacial score (nSPS) is 12.1. The number of aromatic nitrogens is 2. The van der Waals surface area contributed by atoms with Gasteiger partial charge < -0.3 is 5.32 Å². The first kappa shape index (κ1) is 15.6. The highest BCUT2D eigenvalue weighted by Gasteiger charge is 2.22. The third-order valence-electron chi connectivity index (χ3n) is 3.18. The van der Waals surface area contributed by atoms with E-state index in [1.165, 1.54) is 10.9 Å². The van der Waals surface area contributed by atoms with Gasteiger partial charge in [0.1, 0.15) is 5.69 Å². The van der Waals surface area contributed by atoms with E-state index in [0.717, 1.165) is 5.56 Å². The molecule has 1 aromatic heterocycles. The maximum Gasteiger partial charge on any atom is 0.280 e. The Balaban J connectivity index is 2.35. The van der Waals surface area contributed by atoms with Crippen molar-refractivity contribution in [2.45, 2.75) is 46.2 Å². The van der Waals surface area contributed by atoms with Crippen LogP contribution in [0.2, 0.25) is 0 Å². The summed E-state index contributed by atoms with van der Waals surface area (Å²) in [6.07, 6.45) is -1.05. The minimum atomic E-state index is -2.56. The van der Waals surface area contributed by atoms with Gasteiger partial charge in [-0.15, -0.1) is 0 Å². The van der Waals surface area contributed by atoms with Gasteiger partial charge in [0.25, 0.3) is 6.43 Å². The van der Waals surface area contributed by atoms with Crippen molar-refractivity contribution in [3.8, 4) is 5.69 Å². The van der Waals surface area contributed by atoms with E-state index in [-0.39, 0.29) is 11.2 Å². The van der Waals surface area contributed by atoms with Gasteiger partial charge in [-0.1, -0.05) is 17.7 Å². The molecule has 21 heavy (non-hydrogen) atoms. The Hall–Kier alpha value is -1.75. The van der Waals surface area contributed by atoms with Crippen molar-refractivity contribution in [3.63, 3.8) is 0 Å². The molecule has 114 valence electrons. The summed E-state index contributed by atoms with van der Waals surface area (Å²) < 4.78 is 28.2. The van der Waals surface area contributed by atoms with Crippen molar-refractivity contribution in [1.29, 1.82) is 0 Å². The van der Waals surface area contributed by atoms with Crippen molar-refractivity contribution in [1.82, 2.24) is 15.1 Å². The fourth-order valence-corrected chi connectivity index (χ4v) is 2.01. The molecule has 0 amide bonds. The van der Waals surface area contributed by atoms with Crippen molar-refractivity contribution < 1.29 is 8.78 Å². The zero-order valence-electron chi connectivity index (χ0n) is 12.8. The number of halogens is 2. The largest absolute Gasteiger partial charge is 0.308 e. The van der Waals surface area contributed by atoms with Gasteiger partial charge in [-0.3, -0.25) is 0 Å². The van der Waals surface area contributed by atoms with Crippen molar-refractivity contribution in [2.24, 2.45) is 0 Å². The number of benzene rings is 1. The molecule has 1 aromatic carbocycles. The Labute approximate surface area is 124 Å². The summed E-state index contributed by atoms with van der Waals surface area (Å²) in [6, 6.07) is 7.38. The zero-order chi connectivity index (χ0) is 15.6. The van der Waals surface area contributed by atoms with Gasteiger partial charge in [0, 0.05) is 17.6 Å². The zero-order valence-corrected chi connectivity index (χ0v) is 12.8. The van der Waals surface area contributed by atoms with Gasteiger partial charge in [0.2, 0.25) is 0 Å². The number of aryl methyl sites for hydroxylation is 1. The second-order valence-corrected chi connectivity index (χ2v) is 6.21. The number of nitrogens with one attached hydrogen (secondary N) is 1. The summed E-state index contributed by atoms with van der Waals surface area (Å²) >= 11 is 0. The second-order valence-electron chi connectivity index (χ2n) is 6.21. The summed E-state index contributed by atoms with van der Waals surface area (Å²) in [5.74, 6) is 0. The Bertz CT molecular complexity index is 595. The molecule has 2 rings (SSSR count). The Morgan fingerprint density at radius 1 is 1.19 bits per heavy atom. The van der Waals surface area contributed by atoms with E-state index >= 15 is 0 Å². The van der Waals surface area contributed by atoms with Crippen LogP contribution >= 0.6 is 0 Å². The number of alkyl halides is 2. The highest BCUT2D eigenvalue weighted by atomic mass is 19.3. The van der Waals surface area contributed by atoms with Crippen LogP contribution in [-0.2, 0) is 6.54 Å². The van der Waals surface area contributed by atoms with Crippen molar-refractivity contribution >= 4 is 0 Å². The molecule has 0 aliphatic carbocycles. The standard InChI is InChI=1S/C16H21F2N3/c1-11-5-7-13(8-6-11)21-14(15(17)18)12(10-20-21)9-19-16(2,3)4/h5-8,10,15,19H,9H2,1-4H3. The molecule has 0 unspecified atom stereocenters. The van der Waals surface area contributed by atoms with E-state index in [2.05, 4.69) is 10.4 Å². The first-order valence-corrected chi connectivity index (χ1v) is 6.95. The average molecular weight is 293 g/mol. The van der Waals surface area contributed by atoms with Gasteiger partial charge in [-0.2, -0.15) is 5.10 Å². The molecule has 0 bridgehead atoms. The molecule has 0 spiro atoms. The van der Waals surface area contributed by atoms with Crippen LogP contribution in [0.1, 0.15) is 44.0 Å². The average Bonchev–Trinajstić information content (AvgIpc) is 2.80. The predicted molar refractivity (Wildman–Crippen MR) is 79.9 cm³/mol.